The highest BCUT2D eigenvalue weighted by atomic mass is 16.5. The van der Waals surface area contributed by atoms with Crippen LogP contribution in [0.2, 0.25) is 0 Å². The van der Waals surface area contributed by atoms with Gasteiger partial charge in [0.1, 0.15) is 0 Å². The Hall–Kier alpha value is -1.08. The molecular formula is C10H16N2O2. The van der Waals surface area contributed by atoms with E-state index in [-0.39, 0.29) is 11.8 Å². The molecule has 14 heavy (non-hydrogen) atoms. The van der Waals surface area contributed by atoms with E-state index >= 15 is 0 Å². The number of amides is 1. The summed E-state index contributed by atoms with van der Waals surface area (Å²) < 4.78 is 4.85. The molecule has 0 saturated carbocycles. The maximum Gasteiger partial charge on any atom is 0.224 e. The number of hydrogen-bond acceptors (Lipinski definition) is 3. The Bertz CT molecular complexity index is 227. The first-order chi connectivity index (χ1) is 6.77. The molecule has 4 nitrogen and oxygen atoms in total. The Morgan fingerprint density at radius 3 is 2.71 bits per heavy atom. The average molecular weight is 196 g/mol. The summed E-state index contributed by atoms with van der Waals surface area (Å²) in [4.78, 5) is 13.3. The summed E-state index contributed by atoms with van der Waals surface area (Å²) >= 11 is 0. The number of nitriles is 1. The topological polar surface area (TPSA) is 53.3 Å². The number of rotatable bonds is 3. The lowest BCUT2D eigenvalue weighted by Gasteiger charge is -2.29. The third-order valence-corrected chi connectivity index (χ3v) is 2.55. The van der Waals surface area contributed by atoms with Crippen molar-refractivity contribution in [3.05, 3.63) is 0 Å². The molecule has 0 aromatic rings. The minimum absolute atomic E-state index is 0.140. The molecular weight excluding hydrogens is 180 g/mol. The van der Waals surface area contributed by atoms with Gasteiger partial charge in [0.05, 0.1) is 19.1 Å². The number of ether oxygens (including phenoxy) is 1. The van der Waals surface area contributed by atoms with Crippen molar-refractivity contribution in [1.82, 2.24) is 4.90 Å². The quantitative estimate of drug-likeness (QED) is 0.670. The van der Waals surface area contributed by atoms with Crippen LogP contribution >= 0.6 is 0 Å². The highest BCUT2D eigenvalue weighted by molar-refractivity contribution is 5.76. The molecule has 1 aliphatic rings. The average Bonchev–Trinajstić information content (AvgIpc) is 2.26. The summed E-state index contributed by atoms with van der Waals surface area (Å²) in [5.74, 6) is 0.282. The van der Waals surface area contributed by atoms with E-state index in [1.54, 1.807) is 7.11 Å². The first-order valence-electron chi connectivity index (χ1n) is 4.94. The second-order valence-corrected chi connectivity index (χ2v) is 3.53. The number of hydrogen-bond donors (Lipinski definition) is 0. The van der Waals surface area contributed by atoms with Gasteiger partial charge in [-0.3, -0.25) is 4.79 Å². The van der Waals surface area contributed by atoms with E-state index in [2.05, 4.69) is 6.07 Å². The van der Waals surface area contributed by atoms with Gasteiger partial charge in [0.25, 0.3) is 0 Å². The molecule has 0 aromatic heterocycles. The molecule has 0 N–H and O–H groups in total. The van der Waals surface area contributed by atoms with Gasteiger partial charge in [0.15, 0.2) is 0 Å². The van der Waals surface area contributed by atoms with Crippen molar-refractivity contribution in [1.29, 1.82) is 5.26 Å². The van der Waals surface area contributed by atoms with Crippen LogP contribution in [0.3, 0.4) is 0 Å². The second-order valence-electron chi connectivity index (χ2n) is 3.53. The molecule has 0 spiro atoms. The maximum absolute atomic E-state index is 11.5. The molecule has 78 valence electrons. The fourth-order valence-electron chi connectivity index (χ4n) is 1.61. The van der Waals surface area contributed by atoms with Crippen molar-refractivity contribution in [2.45, 2.75) is 19.3 Å². The first kappa shape index (κ1) is 11.0. The zero-order chi connectivity index (χ0) is 10.4. The van der Waals surface area contributed by atoms with Crippen molar-refractivity contribution in [2.75, 3.05) is 26.8 Å². The van der Waals surface area contributed by atoms with E-state index in [1.165, 1.54) is 0 Å². The summed E-state index contributed by atoms with van der Waals surface area (Å²) in [7, 11) is 1.59. The molecule has 0 atom stereocenters. The fourth-order valence-corrected chi connectivity index (χ4v) is 1.61. The van der Waals surface area contributed by atoms with Crippen molar-refractivity contribution in [2.24, 2.45) is 5.92 Å². The number of likely N-dealkylation sites (tertiary alicyclic amines) is 1. The maximum atomic E-state index is 11.5. The van der Waals surface area contributed by atoms with Gasteiger partial charge in [-0.2, -0.15) is 5.26 Å². The van der Waals surface area contributed by atoms with E-state index in [9.17, 15) is 4.79 Å². The Labute approximate surface area is 84.4 Å². The van der Waals surface area contributed by atoms with Gasteiger partial charge in [-0.1, -0.05) is 0 Å². The Morgan fingerprint density at radius 2 is 2.21 bits per heavy atom. The normalized spacial score (nSPS) is 17.9. The molecule has 0 bridgehead atoms. The predicted molar refractivity (Wildman–Crippen MR) is 51.4 cm³/mol. The third kappa shape index (κ3) is 3.00. The molecule has 1 amide bonds. The minimum Gasteiger partial charge on any atom is -0.384 e. The fraction of sp³-hybridized carbons (Fsp3) is 0.800. The lowest BCUT2D eigenvalue weighted by Crippen LogP contribution is -2.38. The van der Waals surface area contributed by atoms with E-state index in [0.717, 1.165) is 25.9 Å². The Morgan fingerprint density at radius 1 is 1.57 bits per heavy atom. The molecule has 1 aliphatic heterocycles. The number of methoxy groups -OCH3 is 1. The highest BCUT2D eigenvalue weighted by Crippen LogP contribution is 2.16. The third-order valence-electron chi connectivity index (χ3n) is 2.55. The van der Waals surface area contributed by atoms with Crippen LogP contribution in [0.4, 0.5) is 0 Å². The van der Waals surface area contributed by atoms with Gasteiger partial charge in [0, 0.05) is 26.1 Å². The molecule has 0 radical (unpaired) electrons. The highest BCUT2D eigenvalue weighted by Gasteiger charge is 2.21. The van der Waals surface area contributed by atoms with Crippen LogP contribution in [0, 0.1) is 17.2 Å². The molecule has 0 aliphatic carbocycles. The van der Waals surface area contributed by atoms with E-state index in [0.29, 0.717) is 13.0 Å². The van der Waals surface area contributed by atoms with Crippen LogP contribution in [-0.4, -0.2) is 37.6 Å². The molecule has 0 unspecified atom stereocenters. The van der Waals surface area contributed by atoms with Crippen molar-refractivity contribution >= 4 is 5.91 Å². The van der Waals surface area contributed by atoms with Crippen molar-refractivity contribution < 1.29 is 9.53 Å². The molecule has 1 saturated heterocycles. The van der Waals surface area contributed by atoms with Gasteiger partial charge < -0.3 is 9.64 Å². The van der Waals surface area contributed by atoms with Gasteiger partial charge >= 0.3 is 0 Å². The molecule has 1 rings (SSSR count). The number of carbonyl (C=O) groups excluding carboxylic acids is 1. The van der Waals surface area contributed by atoms with Gasteiger partial charge in [-0.05, 0) is 12.8 Å². The lowest BCUT2D eigenvalue weighted by molar-refractivity contribution is -0.133. The van der Waals surface area contributed by atoms with Gasteiger partial charge in [-0.25, -0.2) is 0 Å². The van der Waals surface area contributed by atoms with Crippen molar-refractivity contribution in [3.63, 3.8) is 0 Å². The van der Waals surface area contributed by atoms with E-state index in [1.807, 2.05) is 4.90 Å². The first-order valence-corrected chi connectivity index (χ1v) is 4.94. The van der Waals surface area contributed by atoms with E-state index in [4.69, 9.17) is 10.00 Å². The predicted octanol–water partition coefficient (Wildman–Crippen LogP) is 0.785. The number of carbonyl (C=O) groups is 1. The Kier molecular flexibility index (Phi) is 4.41. The summed E-state index contributed by atoms with van der Waals surface area (Å²) in [5.41, 5.74) is 0. The molecule has 4 heteroatoms. The standard InChI is InChI=1S/C10H16N2O2/c1-14-7-4-10(13)12-5-2-9(8-11)3-6-12/h9H,2-7H2,1H3. The van der Waals surface area contributed by atoms with Gasteiger partial charge in [0.2, 0.25) is 5.91 Å². The monoisotopic (exact) mass is 196 g/mol. The summed E-state index contributed by atoms with van der Waals surface area (Å²) in [6, 6.07) is 2.24. The lowest BCUT2D eigenvalue weighted by atomic mass is 9.98. The number of piperidine rings is 1. The van der Waals surface area contributed by atoms with Crippen LogP contribution in [0.5, 0.6) is 0 Å². The van der Waals surface area contributed by atoms with Crippen LogP contribution in [-0.2, 0) is 9.53 Å². The minimum atomic E-state index is 0.140. The van der Waals surface area contributed by atoms with Crippen molar-refractivity contribution in [3.8, 4) is 6.07 Å². The Balaban J connectivity index is 2.27. The molecule has 1 fully saturated rings. The van der Waals surface area contributed by atoms with Gasteiger partial charge in [-0.15, -0.1) is 0 Å². The molecule has 1 heterocycles. The largest absolute Gasteiger partial charge is 0.384 e. The summed E-state index contributed by atoms with van der Waals surface area (Å²) in [5, 5.41) is 8.68. The summed E-state index contributed by atoms with van der Waals surface area (Å²) in [6.07, 6.45) is 2.08. The zero-order valence-electron chi connectivity index (χ0n) is 8.53. The summed E-state index contributed by atoms with van der Waals surface area (Å²) in [6.45, 7) is 1.93. The SMILES string of the molecule is COCCC(=O)N1CCC(C#N)CC1. The van der Waals surface area contributed by atoms with Crippen LogP contribution in [0.1, 0.15) is 19.3 Å². The molecule has 0 aromatic carbocycles. The number of nitrogens with zero attached hydrogens (tertiary/aromatic N) is 2. The van der Waals surface area contributed by atoms with Crippen LogP contribution in [0.15, 0.2) is 0 Å². The van der Waals surface area contributed by atoms with Crippen LogP contribution in [0.25, 0.3) is 0 Å². The van der Waals surface area contributed by atoms with Crippen LogP contribution < -0.4 is 0 Å². The smallest absolute Gasteiger partial charge is 0.224 e. The second kappa shape index (κ2) is 5.61. The zero-order valence-corrected chi connectivity index (χ0v) is 8.53. The van der Waals surface area contributed by atoms with E-state index < -0.39 is 0 Å².